The Labute approximate surface area is 55.0 Å². The summed E-state index contributed by atoms with van der Waals surface area (Å²) in [6.07, 6.45) is 1.37. The lowest BCUT2D eigenvalue weighted by molar-refractivity contribution is 0.0857. The fourth-order valence-electron chi connectivity index (χ4n) is 1.16. The van der Waals surface area contributed by atoms with Gasteiger partial charge in [0.05, 0.1) is 6.10 Å². The second-order valence-electron chi connectivity index (χ2n) is 2.49. The molecule has 2 atom stereocenters. The van der Waals surface area contributed by atoms with E-state index in [0.29, 0.717) is 18.6 Å². The third-order valence-corrected chi connectivity index (χ3v) is 1.89. The van der Waals surface area contributed by atoms with Crippen LogP contribution in [0.1, 0.15) is 13.3 Å². The zero-order chi connectivity index (χ0) is 6.69. The van der Waals surface area contributed by atoms with Crippen molar-refractivity contribution in [1.82, 2.24) is 5.48 Å². The molecule has 54 valence electrons. The van der Waals surface area contributed by atoms with Crippen molar-refractivity contribution >= 4 is 0 Å². The van der Waals surface area contributed by atoms with Crippen molar-refractivity contribution in [3.8, 4) is 0 Å². The van der Waals surface area contributed by atoms with E-state index in [-0.39, 0.29) is 0 Å². The molecule has 0 aromatic carbocycles. The monoisotopic (exact) mass is 131 g/mol. The summed E-state index contributed by atoms with van der Waals surface area (Å²) in [7, 11) is 0. The first-order valence-electron chi connectivity index (χ1n) is 3.33. The van der Waals surface area contributed by atoms with Crippen molar-refractivity contribution in [3.63, 3.8) is 0 Å². The number of nitrogens with one attached hydrogen (secondary N) is 1. The molecule has 0 radical (unpaired) electrons. The van der Waals surface area contributed by atoms with Crippen molar-refractivity contribution in [2.45, 2.75) is 19.4 Å². The van der Waals surface area contributed by atoms with Crippen LogP contribution in [0.3, 0.4) is 0 Å². The van der Waals surface area contributed by atoms with Gasteiger partial charge in [0.2, 0.25) is 0 Å². The van der Waals surface area contributed by atoms with Crippen molar-refractivity contribution < 1.29 is 9.94 Å². The maximum atomic E-state index is 8.34. The van der Waals surface area contributed by atoms with Crippen LogP contribution in [0.2, 0.25) is 0 Å². The molecule has 2 unspecified atom stereocenters. The lowest BCUT2D eigenvalue weighted by Gasteiger charge is -2.11. The molecule has 0 aliphatic carbocycles. The molecule has 1 aliphatic heterocycles. The zero-order valence-corrected chi connectivity index (χ0v) is 5.63. The normalized spacial score (nSPS) is 35.3. The lowest BCUT2D eigenvalue weighted by Crippen LogP contribution is -2.24. The minimum Gasteiger partial charge on any atom is -0.378 e. The summed E-state index contributed by atoms with van der Waals surface area (Å²) in [5.41, 5.74) is 2.16. The Balaban J connectivity index is 2.22. The number of hydroxylamine groups is 1. The summed E-state index contributed by atoms with van der Waals surface area (Å²) in [5.74, 6) is 0.495. The Morgan fingerprint density at radius 2 is 2.56 bits per heavy atom. The first-order valence-corrected chi connectivity index (χ1v) is 3.33. The standard InChI is InChI=1S/C6H13NO2/c1-5-6(4-7-8)2-3-9-5/h5-8H,2-4H2,1H3. The van der Waals surface area contributed by atoms with E-state index in [1.165, 1.54) is 0 Å². The largest absolute Gasteiger partial charge is 0.378 e. The van der Waals surface area contributed by atoms with Gasteiger partial charge >= 0.3 is 0 Å². The molecule has 1 aliphatic rings. The molecular formula is C6H13NO2. The highest BCUT2D eigenvalue weighted by atomic mass is 16.5. The first-order chi connectivity index (χ1) is 4.34. The summed E-state index contributed by atoms with van der Waals surface area (Å²) in [5, 5.41) is 8.34. The van der Waals surface area contributed by atoms with Gasteiger partial charge in [-0.15, -0.1) is 0 Å². The second kappa shape index (κ2) is 3.15. The SMILES string of the molecule is CC1OCCC1CNO. The molecule has 0 aromatic rings. The van der Waals surface area contributed by atoms with Gasteiger partial charge in [0, 0.05) is 19.1 Å². The van der Waals surface area contributed by atoms with Gasteiger partial charge in [0.15, 0.2) is 0 Å². The van der Waals surface area contributed by atoms with E-state index in [4.69, 9.17) is 9.94 Å². The first kappa shape index (κ1) is 6.99. The van der Waals surface area contributed by atoms with E-state index in [1.807, 2.05) is 6.92 Å². The summed E-state index contributed by atoms with van der Waals surface area (Å²) in [4.78, 5) is 0. The highest BCUT2D eigenvalue weighted by Gasteiger charge is 2.23. The molecular weight excluding hydrogens is 118 g/mol. The van der Waals surface area contributed by atoms with Crippen LogP contribution in [-0.4, -0.2) is 24.5 Å². The van der Waals surface area contributed by atoms with E-state index in [2.05, 4.69) is 5.48 Å². The van der Waals surface area contributed by atoms with Crippen molar-refractivity contribution in [2.24, 2.45) is 5.92 Å². The summed E-state index contributed by atoms with van der Waals surface area (Å²) < 4.78 is 5.27. The molecule has 0 aromatic heterocycles. The van der Waals surface area contributed by atoms with Gasteiger partial charge in [0.1, 0.15) is 0 Å². The van der Waals surface area contributed by atoms with E-state index in [0.717, 1.165) is 13.0 Å². The van der Waals surface area contributed by atoms with Crippen molar-refractivity contribution in [1.29, 1.82) is 0 Å². The third kappa shape index (κ3) is 1.64. The van der Waals surface area contributed by atoms with Gasteiger partial charge in [-0.05, 0) is 13.3 Å². The van der Waals surface area contributed by atoms with Crippen LogP contribution in [0.5, 0.6) is 0 Å². The van der Waals surface area contributed by atoms with Gasteiger partial charge in [-0.1, -0.05) is 0 Å². The quantitative estimate of drug-likeness (QED) is 0.533. The van der Waals surface area contributed by atoms with Gasteiger partial charge in [-0.2, -0.15) is 0 Å². The molecule has 1 rings (SSSR count). The highest BCUT2D eigenvalue weighted by molar-refractivity contribution is 4.72. The molecule has 9 heavy (non-hydrogen) atoms. The average molecular weight is 131 g/mol. The van der Waals surface area contributed by atoms with E-state index in [1.54, 1.807) is 0 Å². The van der Waals surface area contributed by atoms with Crippen LogP contribution in [0.25, 0.3) is 0 Å². The van der Waals surface area contributed by atoms with Crippen LogP contribution >= 0.6 is 0 Å². The number of ether oxygens (including phenoxy) is 1. The summed E-state index contributed by atoms with van der Waals surface area (Å²) in [6, 6.07) is 0. The molecule has 1 fully saturated rings. The minimum absolute atomic E-state index is 0.310. The molecule has 0 spiro atoms. The van der Waals surface area contributed by atoms with Crippen LogP contribution in [0.4, 0.5) is 0 Å². The van der Waals surface area contributed by atoms with Crippen LogP contribution in [-0.2, 0) is 4.74 Å². The smallest absolute Gasteiger partial charge is 0.0589 e. The number of rotatable bonds is 2. The number of hydrogen-bond donors (Lipinski definition) is 2. The maximum Gasteiger partial charge on any atom is 0.0589 e. The average Bonchev–Trinajstić information content (AvgIpc) is 2.18. The Morgan fingerprint density at radius 1 is 1.78 bits per heavy atom. The molecule has 1 heterocycles. The molecule has 2 N–H and O–H groups in total. The Bertz CT molecular complexity index is 87.1. The summed E-state index contributed by atoms with van der Waals surface area (Å²) >= 11 is 0. The van der Waals surface area contributed by atoms with E-state index >= 15 is 0 Å². The van der Waals surface area contributed by atoms with Gasteiger partial charge in [-0.3, -0.25) is 0 Å². The fraction of sp³-hybridized carbons (Fsp3) is 1.00. The van der Waals surface area contributed by atoms with Crippen LogP contribution in [0.15, 0.2) is 0 Å². The Hall–Kier alpha value is -0.120. The summed E-state index contributed by atoms with van der Waals surface area (Å²) in [6.45, 7) is 3.53. The van der Waals surface area contributed by atoms with Gasteiger partial charge < -0.3 is 9.94 Å². The maximum absolute atomic E-state index is 8.34. The number of hydrogen-bond acceptors (Lipinski definition) is 3. The lowest BCUT2D eigenvalue weighted by atomic mass is 10.0. The molecule has 1 saturated heterocycles. The van der Waals surface area contributed by atoms with Gasteiger partial charge in [-0.25, -0.2) is 5.48 Å². The fourth-order valence-corrected chi connectivity index (χ4v) is 1.16. The van der Waals surface area contributed by atoms with Crippen molar-refractivity contribution in [2.75, 3.05) is 13.2 Å². The van der Waals surface area contributed by atoms with E-state index in [9.17, 15) is 0 Å². The predicted octanol–water partition coefficient (Wildman–Crippen LogP) is 0.390. The van der Waals surface area contributed by atoms with Gasteiger partial charge in [0.25, 0.3) is 0 Å². The Kier molecular flexibility index (Phi) is 2.45. The molecule has 3 heteroatoms. The van der Waals surface area contributed by atoms with Crippen LogP contribution < -0.4 is 5.48 Å². The molecule has 0 saturated carbocycles. The van der Waals surface area contributed by atoms with Crippen molar-refractivity contribution in [3.05, 3.63) is 0 Å². The molecule has 0 bridgehead atoms. The predicted molar refractivity (Wildman–Crippen MR) is 33.3 cm³/mol. The molecule has 3 nitrogen and oxygen atoms in total. The van der Waals surface area contributed by atoms with E-state index < -0.39 is 0 Å². The van der Waals surface area contributed by atoms with Crippen LogP contribution in [0, 0.1) is 5.92 Å². The third-order valence-electron chi connectivity index (χ3n) is 1.89. The molecule has 0 amide bonds. The second-order valence-corrected chi connectivity index (χ2v) is 2.49. The zero-order valence-electron chi connectivity index (χ0n) is 5.63. The topological polar surface area (TPSA) is 41.5 Å². The highest BCUT2D eigenvalue weighted by Crippen LogP contribution is 2.18. The Morgan fingerprint density at radius 3 is 3.00 bits per heavy atom. The minimum atomic E-state index is 0.310.